The van der Waals surface area contributed by atoms with Gasteiger partial charge in [-0.05, 0) is 30.8 Å². The Hall–Kier alpha value is -0.740. The fraction of sp³-hybridized carbons (Fsp3) is 0.556. The minimum absolute atomic E-state index is 0.0359. The maximum atomic E-state index is 9.34. The van der Waals surface area contributed by atoms with E-state index in [1.165, 1.54) is 11.5 Å². The molecule has 1 aliphatic rings. The molecule has 3 nitrogen and oxygen atoms in total. The van der Waals surface area contributed by atoms with E-state index in [4.69, 9.17) is 0 Å². The number of nitrogens with zero attached hydrogens (tertiary/aromatic N) is 2. The number of rotatable bonds is 3. The zero-order valence-corrected chi connectivity index (χ0v) is 8.13. The van der Waals surface area contributed by atoms with Gasteiger partial charge in [0.15, 0.2) is 0 Å². The lowest BCUT2D eigenvalue weighted by molar-refractivity contribution is 0.137. The van der Waals surface area contributed by atoms with Crippen molar-refractivity contribution in [2.75, 3.05) is 6.61 Å². The Morgan fingerprint density at radius 3 is 2.77 bits per heavy atom. The minimum Gasteiger partial charge on any atom is -0.396 e. The summed E-state index contributed by atoms with van der Waals surface area (Å²) in [5, 5.41) is 13.1. The third kappa shape index (κ3) is 1.78. The van der Waals surface area contributed by atoms with Crippen molar-refractivity contribution in [2.45, 2.75) is 19.3 Å². The maximum Gasteiger partial charge on any atom is 0.0653 e. The van der Waals surface area contributed by atoms with Crippen molar-refractivity contribution < 1.29 is 5.11 Å². The minimum atomic E-state index is 0.0359. The summed E-state index contributed by atoms with van der Waals surface area (Å²) in [6.07, 6.45) is 8.92. The van der Waals surface area contributed by atoms with Crippen molar-refractivity contribution in [2.24, 2.45) is 5.41 Å². The van der Waals surface area contributed by atoms with Gasteiger partial charge in [-0.1, -0.05) is 16.6 Å². The molecule has 1 aliphatic carbocycles. The zero-order chi connectivity index (χ0) is 9.15. The van der Waals surface area contributed by atoms with Crippen molar-refractivity contribution in [3.8, 4) is 0 Å². The maximum absolute atomic E-state index is 9.34. The number of aromatic nitrogens is 2. The van der Waals surface area contributed by atoms with Crippen LogP contribution in [0.15, 0.2) is 18.3 Å². The van der Waals surface area contributed by atoms with E-state index in [-0.39, 0.29) is 12.0 Å². The van der Waals surface area contributed by atoms with E-state index in [1.807, 2.05) is 0 Å². The summed E-state index contributed by atoms with van der Waals surface area (Å²) >= 11 is 1.42. The van der Waals surface area contributed by atoms with Crippen LogP contribution in [0.25, 0.3) is 0 Å². The largest absolute Gasteiger partial charge is 0.396 e. The Kier molecular flexibility index (Phi) is 2.42. The molecule has 1 aromatic heterocycles. The van der Waals surface area contributed by atoms with Gasteiger partial charge in [0, 0.05) is 16.9 Å². The second-order valence-corrected chi connectivity index (χ2v) is 4.47. The summed E-state index contributed by atoms with van der Waals surface area (Å²) in [5.41, 5.74) is 0.0359. The van der Waals surface area contributed by atoms with Gasteiger partial charge < -0.3 is 5.11 Å². The van der Waals surface area contributed by atoms with Gasteiger partial charge in [0.05, 0.1) is 6.20 Å². The first-order valence-corrected chi connectivity index (χ1v) is 5.14. The lowest BCUT2D eigenvalue weighted by Crippen LogP contribution is -2.24. The summed E-state index contributed by atoms with van der Waals surface area (Å²) in [6.45, 7) is 0.248. The SMILES string of the molecule is OCC1(Cc2cnns2)CC=CC1. The molecule has 1 N–H and O–H groups in total. The van der Waals surface area contributed by atoms with Gasteiger partial charge in [-0.15, -0.1) is 5.10 Å². The van der Waals surface area contributed by atoms with E-state index in [0.29, 0.717) is 0 Å². The molecule has 0 aliphatic heterocycles. The molecule has 1 aromatic rings. The quantitative estimate of drug-likeness (QED) is 0.743. The monoisotopic (exact) mass is 196 g/mol. The van der Waals surface area contributed by atoms with Crippen molar-refractivity contribution in [3.05, 3.63) is 23.2 Å². The first-order valence-electron chi connectivity index (χ1n) is 4.37. The van der Waals surface area contributed by atoms with E-state index in [0.717, 1.165) is 24.1 Å². The Labute approximate surface area is 81.3 Å². The van der Waals surface area contributed by atoms with E-state index in [9.17, 15) is 5.11 Å². The number of aliphatic hydroxyl groups is 1. The highest BCUT2D eigenvalue weighted by molar-refractivity contribution is 7.05. The predicted molar refractivity (Wildman–Crippen MR) is 51.5 cm³/mol. The molecule has 0 atom stereocenters. The fourth-order valence-corrected chi connectivity index (χ4v) is 2.38. The molecule has 0 saturated heterocycles. The van der Waals surface area contributed by atoms with Crippen molar-refractivity contribution in [1.29, 1.82) is 0 Å². The number of hydrogen-bond acceptors (Lipinski definition) is 4. The molecule has 13 heavy (non-hydrogen) atoms. The van der Waals surface area contributed by atoms with Gasteiger partial charge in [0.2, 0.25) is 0 Å². The Bertz CT molecular complexity index is 287. The standard InChI is InChI=1S/C9H12N2OS/c12-7-9(3-1-2-4-9)5-8-6-10-11-13-8/h1-2,6,12H,3-5,7H2. The molecule has 0 fully saturated rings. The van der Waals surface area contributed by atoms with Crippen LogP contribution in [0.5, 0.6) is 0 Å². The van der Waals surface area contributed by atoms with Crippen LogP contribution in [0.2, 0.25) is 0 Å². The summed E-state index contributed by atoms with van der Waals surface area (Å²) < 4.78 is 3.82. The van der Waals surface area contributed by atoms with Crippen LogP contribution < -0.4 is 0 Å². The van der Waals surface area contributed by atoms with Crippen LogP contribution in [-0.4, -0.2) is 21.3 Å². The van der Waals surface area contributed by atoms with Crippen LogP contribution in [0, 0.1) is 5.41 Å². The lowest BCUT2D eigenvalue weighted by Gasteiger charge is -2.25. The molecular weight excluding hydrogens is 184 g/mol. The fourth-order valence-electron chi connectivity index (χ4n) is 1.71. The van der Waals surface area contributed by atoms with Crippen LogP contribution in [0.3, 0.4) is 0 Å². The normalized spacial score (nSPS) is 19.5. The van der Waals surface area contributed by atoms with E-state index >= 15 is 0 Å². The molecule has 0 spiro atoms. The molecular formula is C9H12N2OS. The molecule has 0 radical (unpaired) electrons. The van der Waals surface area contributed by atoms with Crippen LogP contribution in [0.4, 0.5) is 0 Å². The van der Waals surface area contributed by atoms with Gasteiger partial charge in [0.1, 0.15) is 0 Å². The molecule has 70 valence electrons. The molecule has 0 bridgehead atoms. The van der Waals surface area contributed by atoms with E-state index < -0.39 is 0 Å². The van der Waals surface area contributed by atoms with Gasteiger partial charge >= 0.3 is 0 Å². The first kappa shape index (κ1) is 8.84. The topological polar surface area (TPSA) is 46.0 Å². The Morgan fingerprint density at radius 2 is 2.23 bits per heavy atom. The average Bonchev–Trinajstić information content (AvgIpc) is 2.77. The average molecular weight is 196 g/mol. The highest BCUT2D eigenvalue weighted by Crippen LogP contribution is 2.36. The summed E-state index contributed by atoms with van der Waals surface area (Å²) in [5.74, 6) is 0. The zero-order valence-electron chi connectivity index (χ0n) is 7.31. The molecule has 1 heterocycles. The number of aliphatic hydroxyl groups excluding tert-OH is 1. The number of hydrogen-bond donors (Lipinski definition) is 1. The molecule has 0 aromatic carbocycles. The van der Waals surface area contributed by atoms with Gasteiger partial charge in [-0.2, -0.15) is 0 Å². The first-order chi connectivity index (χ1) is 6.35. The van der Waals surface area contributed by atoms with Crippen LogP contribution in [-0.2, 0) is 6.42 Å². The van der Waals surface area contributed by atoms with Crippen LogP contribution >= 0.6 is 11.5 Å². The van der Waals surface area contributed by atoms with Crippen molar-refractivity contribution in [3.63, 3.8) is 0 Å². The third-order valence-electron chi connectivity index (χ3n) is 2.56. The van der Waals surface area contributed by atoms with Gasteiger partial charge in [-0.3, -0.25) is 0 Å². The third-order valence-corrected chi connectivity index (χ3v) is 3.22. The predicted octanol–water partition coefficient (Wildman–Crippen LogP) is 1.41. The second-order valence-electron chi connectivity index (χ2n) is 3.60. The molecule has 0 saturated carbocycles. The smallest absolute Gasteiger partial charge is 0.0653 e. The summed E-state index contributed by atoms with van der Waals surface area (Å²) in [6, 6.07) is 0. The molecule has 2 rings (SSSR count). The lowest BCUT2D eigenvalue weighted by atomic mass is 9.82. The second kappa shape index (κ2) is 3.55. The van der Waals surface area contributed by atoms with Crippen molar-refractivity contribution >= 4 is 11.5 Å². The molecule has 4 heteroatoms. The molecule has 0 amide bonds. The Balaban J connectivity index is 2.07. The number of allylic oxidation sites excluding steroid dienone is 2. The summed E-state index contributed by atoms with van der Waals surface area (Å²) in [7, 11) is 0. The highest BCUT2D eigenvalue weighted by atomic mass is 32.1. The Morgan fingerprint density at radius 1 is 1.46 bits per heavy atom. The van der Waals surface area contributed by atoms with Crippen molar-refractivity contribution in [1.82, 2.24) is 9.59 Å². The summed E-state index contributed by atoms with van der Waals surface area (Å²) in [4.78, 5) is 1.16. The van der Waals surface area contributed by atoms with E-state index in [2.05, 4.69) is 21.7 Å². The van der Waals surface area contributed by atoms with Gasteiger partial charge in [0.25, 0.3) is 0 Å². The van der Waals surface area contributed by atoms with Gasteiger partial charge in [-0.25, -0.2) is 0 Å². The van der Waals surface area contributed by atoms with E-state index in [1.54, 1.807) is 6.20 Å². The van der Waals surface area contributed by atoms with Crippen LogP contribution in [0.1, 0.15) is 17.7 Å². The molecule has 0 unspecified atom stereocenters. The highest BCUT2D eigenvalue weighted by Gasteiger charge is 2.30.